The average Bonchev–Trinajstić information content (AvgIpc) is 2.30. The summed E-state index contributed by atoms with van der Waals surface area (Å²) in [6.07, 6.45) is 7.70. The van der Waals surface area contributed by atoms with Crippen LogP contribution in [0.5, 0.6) is 0 Å². The molecule has 0 heterocycles. The van der Waals surface area contributed by atoms with Gasteiger partial charge in [-0.1, -0.05) is 30.9 Å². The number of hydrogen-bond donors (Lipinski definition) is 1. The SMILES string of the molecule is C=C/C=C\C(=C/C)CC(C=O)NC(=O)OC(C)(C)C. The number of allylic oxidation sites excluding steroid dienone is 4. The minimum atomic E-state index is -0.601. The summed E-state index contributed by atoms with van der Waals surface area (Å²) in [7, 11) is 0. The lowest BCUT2D eigenvalue weighted by atomic mass is 10.1. The quantitative estimate of drug-likeness (QED) is 0.593. The van der Waals surface area contributed by atoms with Gasteiger partial charge in [-0.3, -0.25) is 0 Å². The second-order valence-corrected chi connectivity index (χ2v) is 5.05. The van der Waals surface area contributed by atoms with Crippen molar-refractivity contribution < 1.29 is 14.3 Å². The van der Waals surface area contributed by atoms with Gasteiger partial charge in [0.15, 0.2) is 0 Å². The van der Waals surface area contributed by atoms with Crippen LogP contribution in [0.15, 0.2) is 36.5 Å². The molecular formula is C15H23NO3. The molecule has 0 aromatic heterocycles. The van der Waals surface area contributed by atoms with Crippen molar-refractivity contribution in [1.82, 2.24) is 5.32 Å². The molecule has 0 aromatic rings. The minimum Gasteiger partial charge on any atom is -0.444 e. The van der Waals surface area contributed by atoms with Crippen molar-refractivity contribution in [2.75, 3.05) is 0 Å². The van der Waals surface area contributed by atoms with Gasteiger partial charge in [-0.05, 0) is 39.7 Å². The number of hydrogen-bond acceptors (Lipinski definition) is 3. The van der Waals surface area contributed by atoms with E-state index in [0.717, 1.165) is 5.57 Å². The van der Waals surface area contributed by atoms with Crippen LogP contribution in [-0.4, -0.2) is 24.0 Å². The third kappa shape index (κ3) is 8.83. The maximum Gasteiger partial charge on any atom is 0.408 e. The largest absolute Gasteiger partial charge is 0.444 e. The molecule has 1 unspecified atom stereocenters. The summed E-state index contributed by atoms with van der Waals surface area (Å²) in [4.78, 5) is 22.6. The number of carbonyl (C=O) groups excluding carboxylic acids is 2. The molecule has 0 fully saturated rings. The molecule has 0 bridgehead atoms. The lowest BCUT2D eigenvalue weighted by Crippen LogP contribution is -2.40. The molecule has 106 valence electrons. The molecule has 1 amide bonds. The first-order valence-corrected chi connectivity index (χ1v) is 6.21. The van der Waals surface area contributed by atoms with Crippen LogP contribution in [0.2, 0.25) is 0 Å². The molecule has 0 spiro atoms. The number of amides is 1. The molecule has 0 saturated heterocycles. The topological polar surface area (TPSA) is 55.4 Å². The van der Waals surface area contributed by atoms with Crippen molar-refractivity contribution in [3.8, 4) is 0 Å². The fourth-order valence-corrected chi connectivity index (χ4v) is 1.32. The highest BCUT2D eigenvalue weighted by Crippen LogP contribution is 2.09. The van der Waals surface area contributed by atoms with E-state index in [1.54, 1.807) is 32.9 Å². The maximum absolute atomic E-state index is 11.6. The van der Waals surface area contributed by atoms with Crippen LogP contribution in [0.1, 0.15) is 34.1 Å². The summed E-state index contributed by atoms with van der Waals surface area (Å²) in [5, 5.41) is 2.53. The van der Waals surface area contributed by atoms with E-state index in [9.17, 15) is 9.59 Å². The Labute approximate surface area is 115 Å². The van der Waals surface area contributed by atoms with E-state index >= 15 is 0 Å². The molecule has 1 N–H and O–H groups in total. The standard InChI is InChI=1S/C15H23NO3/c1-6-8-9-12(7-2)10-13(11-17)16-14(18)19-15(3,4)5/h6-9,11,13H,1,10H2,2-5H3,(H,16,18)/b9-8-,12-7+. The highest BCUT2D eigenvalue weighted by atomic mass is 16.6. The van der Waals surface area contributed by atoms with Crippen molar-refractivity contribution in [3.05, 3.63) is 36.5 Å². The van der Waals surface area contributed by atoms with E-state index in [1.807, 2.05) is 19.1 Å². The highest BCUT2D eigenvalue weighted by Gasteiger charge is 2.19. The average molecular weight is 265 g/mol. The van der Waals surface area contributed by atoms with Gasteiger partial charge in [0.2, 0.25) is 0 Å². The normalized spacial score (nSPS) is 14.0. The van der Waals surface area contributed by atoms with Gasteiger partial charge in [-0.25, -0.2) is 4.79 Å². The van der Waals surface area contributed by atoms with E-state index in [0.29, 0.717) is 12.7 Å². The van der Waals surface area contributed by atoms with Gasteiger partial charge in [0, 0.05) is 0 Å². The van der Waals surface area contributed by atoms with Gasteiger partial charge in [0.25, 0.3) is 0 Å². The van der Waals surface area contributed by atoms with Gasteiger partial charge in [-0.2, -0.15) is 0 Å². The zero-order chi connectivity index (χ0) is 14.9. The van der Waals surface area contributed by atoms with Crippen LogP contribution in [0.25, 0.3) is 0 Å². The number of nitrogens with one attached hydrogen (secondary N) is 1. The van der Waals surface area contributed by atoms with Crippen LogP contribution < -0.4 is 5.32 Å². The maximum atomic E-state index is 11.6. The number of carbonyl (C=O) groups is 2. The van der Waals surface area contributed by atoms with E-state index in [1.165, 1.54) is 0 Å². The number of aldehydes is 1. The van der Waals surface area contributed by atoms with Crippen molar-refractivity contribution >= 4 is 12.4 Å². The van der Waals surface area contributed by atoms with Gasteiger partial charge in [-0.15, -0.1) is 0 Å². The summed E-state index contributed by atoms with van der Waals surface area (Å²) < 4.78 is 5.10. The Morgan fingerprint density at radius 2 is 2.05 bits per heavy atom. The Morgan fingerprint density at radius 1 is 1.42 bits per heavy atom. The van der Waals surface area contributed by atoms with E-state index in [4.69, 9.17) is 4.74 Å². The van der Waals surface area contributed by atoms with Crippen molar-refractivity contribution in [2.24, 2.45) is 0 Å². The van der Waals surface area contributed by atoms with Gasteiger partial charge in [0.05, 0.1) is 6.04 Å². The molecule has 4 heteroatoms. The fourth-order valence-electron chi connectivity index (χ4n) is 1.32. The first kappa shape index (κ1) is 17.2. The molecule has 0 rings (SSSR count). The predicted octanol–water partition coefficient (Wildman–Crippen LogP) is 3.16. The van der Waals surface area contributed by atoms with Crippen LogP contribution >= 0.6 is 0 Å². The van der Waals surface area contributed by atoms with Crippen LogP contribution in [0.4, 0.5) is 4.79 Å². The zero-order valence-electron chi connectivity index (χ0n) is 12.1. The monoisotopic (exact) mass is 265 g/mol. The summed E-state index contributed by atoms with van der Waals surface area (Å²) >= 11 is 0. The third-order valence-corrected chi connectivity index (χ3v) is 2.14. The van der Waals surface area contributed by atoms with Crippen molar-refractivity contribution in [2.45, 2.75) is 45.8 Å². The van der Waals surface area contributed by atoms with Gasteiger partial charge >= 0.3 is 6.09 Å². The Balaban J connectivity index is 4.51. The third-order valence-electron chi connectivity index (χ3n) is 2.14. The van der Waals surface area contributed by atoms with E-state index in [-0.39, 0.29) is 0 Å². The second kappa shape index (κ2) is 8.29. The Morgan fingerprint density at radius 3 is 2.47 bits per heavy atom. The van der Waals surface area contributed by atoms with Crippen molar-refractivity contribution in [1.29, 1.82) is 0 Å². The second-order valence-electron chi connectivity index (χ2n) is 5.05. The Kier molecular flexibility index (Phi) is 7.49. The first-order valence-electron chi connectivity index (χ1n) is 6.21. The first-order chi connectivity index (χ1) is 8.82. The number of ether oxygens (including phenoxy) is 1. The van der Waals surface area contributed by atoms with E-state index < -0.39 is 17.7 Å². The van der Waals surface area contributed by atoms with E-state index in [2.05, 4.69) is 11.9 Å². The molecule has 1 atom stereocenters. The molecular weight excluding hydrogens is 242 g/mol. The van der Waals surface area contributed by atoms with Gasteiger partial charge in [0.1, 0.15) is 11.9 Å². The molecule has 4 nitrogen and oxygen atoms in total. The van der Waals surface area contributed by atoms with Crippen LogP contribution in [0, 0.1) is 0 Å². The molecule has 0 saturated carbocycles. The number of alkyl carbamates (subject to hydrolysis) is 1. The molecule has 19 heavy (non-hydrogen) atoms. The molecule has 0 aliphatic heterocycles. The van der Waals surface area contributed by atoms with Gasteiger partial charge < -0.3 is 14.8 Å². The molecule has 0 aromatic carbocycles. The van der Waals surface area contributed by atoms with Crippen LogP contribution in [-0.2, 0) is 9.53 Å². The van der Waals surface area contributed by atoms with Crippen LogP contribution in [0.3, 0.4) is 0 Å². The van der Waals surface area contributed by atoms with Crippen molar-refractivity contribution in [3.63, 3.8) is 0 Å². The summed E-state index contributed by atoms with van der Waals surface area (Å²) in [6, 6.07) is -0.601. The predicted molar refractivity (Wildman–Crippen MR) is 76.9 cm³/mol. The summed E-state index contributed by atoms with van der Waals surface area (Å²) in [5.74, 6) is 0. The molecule has 0 aliphatic rings. The lowest BCUT2D eigenvalue weighted by Gasteiger charge is -2.21. The number of rotatable bonds is 6. The smallest absolute Gasteiger partial charge is 0.408 e. The highest BCUT2D eigenvalue weighted by molar-refractivity contribution is 5.73. The molecule has 0 aliphatic carbocycles. The molecule has 0 radical (unpaired) electrons. The zero-order valence-corrected chi connectivity index (χ0v) is 12.1. The summed E-state index contributed by atoms with van der Waals surface area (Å²) in [6.45, 7) is 10.8. The Bertz CT molecular complexity index is 375. The Hall–Kier alpha value is -1.84. The lowest BCUT2D eigenvalue weighted by molar-refractivity contribution is -0.109. The minimum absolute atomic E-state index is 0.420. The summed E-state index contributed by atoms with van der Waals surface area (Å²) in [5.41, 5.74) is 0.358. The fraction of sp³-hybridized carbons (Fsp3) is 0.467.